The molecule has 0 bridgehead atoms. The average Bonchev–Trinajstić information content (AvgIpc) is 2.51. The van der Waals surface area contributed by atoms with Crippen molar-refractivity contribution in [2.24, 2.45) is 5.92 Å². The average molecular weight is 255 g/mol. The topological polar surface area (TPSA) is 24.9 Å². The van der Waals surface area contributed by atoms with Gasteiger partial charge in [-0.3, -0.25) is 0 Å². The molecule has 1 aliphatic rings. The van der Waals surface area contributed by atoms with Crippen LogP contribution in [-0.2, 0) is 0 Å². The molecule has 0 amide bonds. The van der Waals surface area contributed by atoms with E-state index in [-0.39, 0.29) is 0 Å². The molecule has 1 saturated carbocycles. The zero-order chi connectivity index (χ0) is 9.97. The molecule has 2 rings (SSSR count). The number of aromatic nitrogens is 1. The van der Waals surface area contributed by atoms with Gasteiger partial charge in [-0.25, -0.2) is 4.98 Å². The SMILES string of the molecule is CC1CCC(Nc2cc(Br)ccn2)C1. The maximum Gasteiger partial charge on any atom is 0.127 e. The van der Waals surface area contributed by atoms with Gasteiger partial charge in [-0.2, -0.15) is 0 Å². The summed E-state index contributed by atoms with van der Waals surface area (Å²) in [6.45, 7) is 2.32. The van der Waals surface area contributed by atoms with Crippen molar-refractivity contribution in [1.29, 1.82) is 0 Å². The Morgan fingerprint density at radius 3 is 3.00 bits per heavy atom. The molecule has 1 aliphatic carbocycles. The van der Waals surface area contributed by atoms with E-state index in [0.29, 0.717) is 6.04 Å². The van der Waals surface area contributed by atoms with E-state index >= 15 is 0 Å². The second-order valence-electron chi connectivity index (χ2n) is 4.12. The molecular weight excluding hydrogens is 240 g/mol. The third-order valence-corrected chi connectivity index (χ3v) is 3.26. The van der Waals surface area contributed by atoms with E-state index in [1.807, 2.05) is 18.3 Å². The Bertz CT molecular complexity index is 314. The molecule has 0 aliphatic heterocycles. The molecule has 0 spiro atoms. The third kappa shape index (κ3) is 2.47. The first-order chi connectivity index (χ1) is 6.74. The highest BCUT2D eigenvalue weighted by Gasteiger charge is 2.21. The highest BCUT2D eigenvalue weighted by Crippen LogP contribution is 2.27. The van der Waals surface area contributed by atoms with Gasteiger partial charge in [0.2, 0.25) is 0 Å². The lowest BCUT2D eigenvalue weighted by Gasteiger charge is -2.12. The van der Waals surface area contributed by atoms with Crippen LogP contribution in [0, 0.1) is 5.92 Å². The highest BCUT2D eigenvalue weighted by atomic mass is 79.9. The molecule has 1 heterocycles. The molecule has 76 valence electrons. The number of pyridine rings is 1. The summed E-state index contributed by atoms with van der Waals surface area (Å²) in [4.78, 5) is 4.29. The van der Waals surface area contributed by atoms with Crippen molar-refractivity contribution < 1.29 is 0 Å². The Kier molecular flexibility index (Phi) is 3.06. The van der Waals surface area contributed by atoms with E-state index < -0.39 is 0 Å². The van der Waals surface area contributed by atoms with E-state index in [1.54, 1.807) is 0 Å². The Hall–Kier alpha value is -0.570. The number of hydrogen-bond acceptors (Lipinski definition) is 2. The van der Waals surface area contributed by atoms with E-state index in [0.717, 1.165) is 16.2 Å². The quantitative estimate of drug-likeness (QED) is 0.875. The van der Waals surface area contributed by atoms with Gasteiger partial charge in [-0.15, -0.1) is 0 Å². The van der Waals surface area contributed by atoms with Crippen molar-refractivity contribution in [2.45, 2.75) is 32.2 Å². The Labute approximate surface area is 93.3 Å². The van der Waals surface area contributed by atoms with E-state index in [9.17, 15) is 0 Å². The van der Waals surface area contributed by atoms with Crippen LogP contribution in [0.4, 0.5) is 5.82 Å². The molecule has 1 aromatic rings. The minimum atomic E-state index is 0.617. The standard InChI is InChI=1S/C11H15BrN2/c1-8-2-3-10(6-8)14-11-7-9(12)4-5-13-11/h4-5,7-8,10H,2-3,6H2,1H3,(H,13,14). The predicted octanol–water partition coefficient (Wildman–Crippen LogP) is 3.44. The lowest BCUT2D eigenvalue weighted by atomic mass is 10.1. The van der Waals surface area contributed by atoms with Crippen LogP contribution in [0.15, 0.2) is 22.8 Å². The number of halogens is 1. The number of nitrogens with zero attached hydrogens (tertiary/aromatic N) is 1. The summed E-state index contributed by atoms with van der Waals surface area (Å²) in [6.07, 6.45) is 5.71. The second kappa shape index (κ2) is 4.30. The van der Waals surface area contributed by atoms with Gasteiger partial charge in [0.1, 0.15) is 5.82 Å². The molecule has 0 radical (unpaired) electrons. The van der Waals surface area contributed by atoms with Gasteiger partial charge in [-0.1, -0.05) is 22.9 Å². The minimum Gasteiger partial charge on any atom is -0.367 e. The van der Waals surface area contributed by atoms with Crippen molar-refractivity contribution in [3.8, 4) is 0 Å². The summed E-state index contributed by atoms with van der Waals surface area (Å²) < 4.78 is 1.08. The number of nitrogens with one attached hydrogen (secondary N) is 1. The van der Waals surface area contributed by atoms with Crippen LogP contribution in [-0.4, -0.2) is 11.0 Å². The number of anilines is 1. The minimum absolute atomic E-state index is 0.617. The first kappa shape index (κ1) is 9.97. The predicted molar refractivity (Wildman–Crippen MR) is 62.4 cm³/mol. The molecule has 2 atom stereocenters. The Morgan fingerprint density at radius 2 is 2.36 bits per heavy atom. The van der Waals surface area contributed by atoms with Gasteiger partial charge < -0.3 is 5.32 Å². The third-order valence-electron chi connectivity index (χ3n) is 2.77. The lowest BCUT2D eigenvalue weighted by molar-refractivity contribution is 0.602. The fourth-order valence-corrected chi connectivity index (χ4v) is 2.37. The number of hydrogen-bond donors (Lipinski definition) is 1. The Balaban J connectivity index is 1.97. The molecule has 1 aromatic heterocycles. The zero-order valence-electron chi connectivity index (χ0n) is 8.33. The fraction of sp³-hybridized carbons (Fsp3) is 0.545. The van der Waals surface area contributed by atoms with Crippen LogP contribution in [0.5, 0.6) is 0 Å². The van der Waals surface area contributed by atoms with Crippen LogP contribution in [0.25, 0.3) is 0 Å². The second-order valence-corrected chi connectivity index (χ2v) is 5.03. The summed E-state index contributed by atoms with van der Waals surface area (Å²) in [5.41, 5.74) is 0. The van der Waals surface area contributed by atoms with Gasteiger partial charge >= 0.3 is 0 Å². The maximum atomic E-state index is 4.29. The smallest absolute Gasteiger partial charge is 0.127 e. The molecule has 3 heteroatoms. The van der Waals surface area contributed by atoms with Crippen molar-refractivity contribution in [2.75, 3.05) is 5.32 Å². The van der Waals surface area contributed by atoms with E-state index in [1.165, 1.54) is 19.3 Å². The monoisotopic (exact) mass is 254 g/mol. The van der Waals surface area contributed by atoms with Gasteiger partial charge in [0.25, 0.3) is 0 Å². The summed E-state index contributed by atoms with van der Waals surface area (Å²) >= 11 is 3.44. The molecule has 1 N–H and O–H groups in total. The van der Waals surface area contributed by atoms with Crippen LogP contribution < -0.4 is 5.32 Å². The van der Waals surface area contributed by atoms with Crippen LogP contribution >= 0.6 is 15.9 Å². The fourth-order valence-electron chi connectivity index (χ4n) is 2.03. The first-order valence-corrected chi connectivity index (χ1v) is 5.91. The molecule has 2 unspecified atom stereocenters. The largest absolute Gasteiger partial charge is 0.367 e. The molecule has 1 fully saturated rings. The molecule has 2 nitrogen and oxygen atoms in total. The van der Waals surface area contributed by atoms with Crippen LogP contribution in [0.1, 0.15) is 26.2 Å². The number of rotatable bonds is 2. The van der Waals surface area contributed by atoms with E-state index in [4.69, 9.17) is 0 Å². The molecule has 0 saturated heterocycles. The normalized spacial score (nSPS) is 26.4. The molecule has 14 heavy (non-hydrogen) atoms. The van der Waals surface area contributed by atoms with Crippen LogP contribution in [0.3, 0.4) is 0 Å². The van der Waals surface area contributed by atoms with Gasteiger partial charge in [0, 0.05) is 16.7 Å². The lowest BCUT2D eigenvalue weighted by Crippen LogP contribution is -2.15. The Morgan fingerprint density at radius 1 is 1.50 bits per heavy atom. The van der Waals surface area contributed by atoms with Crippen LogP contribution in [0.2, 0.25) is 0 Å². The van der Waals surface area contributed by atoms with E-state index in [2.05, 4.69) is 33.2 Å². The van der Waals surface area contributed by atoms with Gasteiger partial charge in [0.05, 0.1) is 0 Å². The summed E-state index contributed by atoms with van der Waals surface area (Å²) in [7, 11) is 0. The van der Waals surface area contributed by atoms with Gasteiger partial charge in [0.15, 0.2) is 0 Å². The van der Waals surface area contributed by atoms with Crippen molar-refractivity contribution in [3.63, 3.8) is 0 Å². The van der Waals surface area contributed by atoms with Crippen molar-refractivity contribution in [3.05, 3.63) is 22.8 Å². The molecular formula is C11H15BrN2. The zero-order valence-corrected chi connectivity index (χ0v) is 9.92. The maximum absolute atomic E-state index is 4.29. The summed E-state index contributed by atoms with van der Waals surface area (Å²) in [5.74, 6) is 1.85. The van der Waals surface area contributed by atoms with Crippen molar-refractivity contribution >= 4 is 21.7 Å². The van der Waals surface area contributed by atoms with Crippen molar-refractivity contribution in [1.82, 2.24) is 4.98 Å². The van der Waals surface area contributed by atoms with Gasteiger partial charge in [-0.05, 0) is 37.3 Å². The summed E-state index contributed by atoms with van der Waals surface area (Å²) in [5, 5.41) is 3.47. The summed E-state index contributed by atoms with van der Waals surface area (Å²) in [6, 6.07) is 4.60. The molecule has 0 aromatic carbocycles. The highest BCUT2D eigenvalue weighted by molar-refractivity contribution is 9.10. The first-order valence-electron chi connectivity index (χ1n) is 5.12.